The van der Waals surface area contributed by atoms with Gasteiger partial charge in [-0.1, -0.05) is 12.1 Å². The van der Waals surface area contributed by atoms with Gasteiger partial charge in [0.1, 0.15) is 11.6 Å². The van der Waals surface area contributed by atoms with E-state index in [0.717, 1.165) is 31.2 Å². The largest absolute Gasteiger partial charge is 0.439 e. The van der Waals surface area contributed by atoms with E-state index in [1.165, 1.54) is 25.0 Å². The van der Waals surface area contributed by atoms with Gasteiger partial charge in [-0.05, 0) is 38.0 Å². The molecule has 1 aliphatic heterocycles. The molecule has 0 radical (unpaired) electrons. The van der Waals surface area contributed by atoms with E-state index in [2.05, 4.69) is 22.1 Å². The van der Waals surface area contributed by atoms with Gasteiger partial charge in [-0.25, -0.2) is 14.4 Å². The average molecular weight is 470 g/mol. The number of hydrogen-bond donors (Lipinski definition) is 1. The van der Waals surface area contributed by atoms with Crippen molar-refractivity contribution >= 4 is 29.9 Å². The Bertz CT molecular complexity index is 735. The molecule has 2 aromatic rings. The van der Waals surface area contributed by atoms with Crippen molar-refractivity contribution in [2.75, 3.05) is 19.6 Å². The highest BCUT2D eigenvalue weighted by Gasteiger charge is 2.16. The van der Waals surface area contributed by atoms with Crippen LogP contribution in [-0.2, 0) is 6.54 Å². The SMILES string of the molecule is CCNC(=NCc1cccnc1Oc1cccc(F)c1)N1CCCC1.I. The number of likely N-dealkylation sites (tertiary alicyclic amines) is 1. The maximum atomic E-state index is 13.3. The van der Waals surface area contributed by atoms with Gasteiger partial charge in [0.05, 0.1) is 6.54 Å². The number of pyridine rings is 1. The zero-order valence-corrected chi connectivity index (χ0v) is 17.2. The van der Waals surface area contributed by atoms with Gasteiger partial charge in [0.15, 0.2) is 5.96 Å². The van der Waals surface area contributed by atoms with Crippen LogP contribution in [0.2, 0.25) is 0 Å². The van der Waals surface area contributed by atoms with Crippen LogP contribution in [0.25, 0.3) is 0 Å². The first-order chi connectivity index (χ1) is 12.3. The zero-order chi connectivity index (χ0) is 17.5. The van der Waals surface area contributed by atoms with Crippen molar-refractivity contribution in [2.45, 2.75) is 26.3 Å². The van der Waals surface area contributed by atoms with Gasteiger partial charge >= 0.3 is 0 Å². The molecule has 0 bridgehead atoms. The summed E-state index contributed by atoms with van der Waals surface area (Å²) >= 11 is 0. The normalized spacial score (nSPS) is 14.1. The maximum Gasteiger partial charge on any atom is 0.224 e. The summed E-state index contributed by atoms with van der Waals surface area (Å²) in [6.07, 6.45) is 4.06. The van der Waals surface area contributed by atoms with Crippen LogP contribution in [0.4, 0.5) is 4.39 Å². The Morgan fingerprint density at radius 3 is 2.81 bits per heavy atom. The van der Waals surface area contributed by atoms with E-state index < -0.39 is 0 Å². The summed E-state index contributed by atoms with van der Waals surface area (Å²) in [6, 6.07) is 9.83. The molecular weight excluding hydrogens is 446 g/mol. The molecule has 0 spiro atoms. The minimum atomic E-state index is -0.337. The monoisotopic (exact) mass is 470 g/mol. The predicted octanol–water partition coefficient (Wildman–Crippen LogP) is 4.19. The number of rotatable bonds is 5. The van der Waals surface area contributed by atoms with Gasteiger partial charge < -0.3 is 15.0 Å². The molecule has 0 amide bonds. The van der Waals surface area contributed by atoms with Crippen LogP contribution in [0.1, 0.15) is 25.3 Å². The number of aromatic nitrogens is 1. The third-order valence-electron chi connectivity index (χ3n) is 4.00. The summed E-state index contributed by atoms with van der Waals surface area (Å²) in [6.45, 7) is 5.41. The molecule has 5 nitrogen and oxygen atoms in total. The van der Waals surface area contributed by atoms with E-state index >= 15 is 0 Å². The summed E-state index contributed by atoms with van der Waals surface area (Å²) in [4.78, 5) is 11.3. The first-order valence-corrected chi connectivity index (χ1v) is 8.67. The fraction of sp³-hybridized carbons (Fsp3) is 0.368. The van der Waals surface area contributed by atoms with Gasteiger partial charge in [-0.15, -0.1) is 24.0 Å². The van der Waals surface area contributed by atoms with Crippen LogP contribution in [0, 0.1) is 5.82 Å². The molecule has 1 aromatic carbocycles. The molecule has 0 unspecified atom stereocenters. The molecule has 0 saturated carbocycles. The van der Waals surface area contributed by atoms with Crippen LogP contribution in [0.5, 0.6) is 11.6 Å². The lowest BCUT2D eigenvalue weighted by Gasteiger charge is -2.20. The maximum absolute atomic E-state index is 13.3. The zero-order valence-electron chi connectivity index (χ0n) is 14.8. The molecule has 1 aliphatic rings. The third kappa shape index (κ3) is 5.55. The number of ether oxygens (including phenoxy) is 1. The second-order valence-corrected chi connectivity index (χ2v) is 5.89. The molecule has 7 heteroatoms. The summed E-state index contributed by atoms with van der Waals surface area (Å²) < 4.78 is 19.1. The molecular formula is C19H24FIN4O. The average Bonchev–Trinajstić information content (AvgIpc) is 3.14. The van der Waals surface area contributed by atoms with Crippen molar-refractivity contribution < 1.29 is 9.13 Å². The molecule has 140 valence electrons. The third-order valence-corrected chi connectivity index (χ3v) is 4.00. The first-order valence-electron chi connectivity index (χ1n) is 8.67. The quantitative estimate of drug-likeness (QED) is 0.405. The summed E-state index contributed by atoms with van der Waals surface area (Å²) in [5, 5.41) is 3.34. The predicted molar refractivity (Wildman–Crippen MR) is 112 cm³/mol. The van der Waals surface area contributed by atoms with Crippen LogP contribution in [0.3, 0.4) is 0 Å². The van der Waals surface area contributed by atoms with E-state index in [1.54, 1.807) is 18.3 Å². The smallest absolute Gasteiger partial charge is 0.224 e. The van der Waals surface area contributed by atoms with Crippen molar-refractivity contribution in [3.8, 4) is 11.6 Å². The van der Waals surface area contributed by atoms with E-state index in [1.807, 2.05) is 12.1 Å². The lowest BCUT2D eigenvalue weighted by atomic mass is 10.2. The highest BCUT2D eigenvalue weighted by atomic mass is 127. The fourth-order valence-electron chi connectivity index (χ4n) is 2.79. The van der Waals surface area contributed by atoms with Crippen molar-refractivity contribution in [1.29, 1.82) is 0 Å². The first kappa shape index (κ1) is 20.4. The second kappa shape index (κ2) is 10.3. The standard InChI is InChI=1S/C19H23FN4O.HI/c1-2-21-19(24-11-3-4-12-24)23-14-15-7-6-10-22-18(15)25-17-9-5-8-16(20)13-17;/h5-10,13H,2-4,11-12,14H2,1H3,(H,21,23);1H. The Morgan fingerprint density at radius 1 is 1.27 bits per heavy atom. The van der Waals surface area contributed by atoms with E-state index in [4.69, 9.17) is 9.73 Å². The minimum absolute atomic E-state index is 0. The molecule has 1 N–H and O–H groups in total. The molecule has 1 saturated heterocycles. The number of guanidine groups is 1. The van der Waals surface area contributed by atoms with Gasteiger partial charge in [-0.2, -0.15) is 0 Å². The number of nitrogens with zero attached hydrogens (tertiary/aromatic N) is 3. The molecule has 3 rings (SSSR count). The second-order valence-electron chi connectivity index (χ2n) is 5.89. The Kier molecular flexibility index (Phi) is 8.08. The number of nitrogens with one attached hydrogen (secondary N) is 1. The van der Waals surface area contributed by atoms with Crippen molar-refractivity contribution in [3.63, 3.8) is 0 Å². The number of aliphatic imine (C=N–C) groups is 1. The number of halogens is 2. The minimum Gasteiger partial charge on any atom is -0.439 e. The number of benzene rings is 1. The molecule has 1 fully saturated rings. The lowest BCUT2D eigenvalue weighted by Crippen LogP contribution is -2.39. The molecule has 2 heterocycles. The Morgan fingerprint density at radius 2 is 2.08 bits per heavy atom. The lowest BCUT2D eigenvalue weighted by molar-refractivity contribution is 0.451. The van der Waals surface area contributed by atoms with Gasteiger partial charge in [-0.3, -0.25) is 0 Å². The highest BCUT2D eigenvalue weighted by Crippen LogP contribution is 2.24. The molecule has 26 heavy (non-hydrogen) atoms. The Balaban J connectivity index is 0.00000243. The molecule has 0 aliphatic carbocycles. The highest BCUT2D eigenvalue weighted by molar-refractivity contribution is 14.0. The van der Waals surface area contributed by atoms with Gasteiger partial charge in [0.2, 0.25) is 5.88 Å². The van der Waals surface area contributed by atoms with Crippen LogP contribution in [-0.4, -0.2) is 35.5 Å². The summed E-state index contributed by atoms with van der Waals surface area (Å²) in [5.41, 5.74) is 0.862. The van der Waals surface area contributed by atoms with Gasteiger partial charge in [0, 0.05) is 37.5 Å². The van der Waals surface area contributed by atoms with Crippen molar-refractivity contribution in [3.05, 3.63) is 54.0 Å². The Hall–Kier alpha value is -1.90. The molecule has 0 atom stereocenters. The van der Waals surface area contributed by atoms with Crippen LogP contribution in [0.15, 0.2) is 47.6 Å². The van der Waals surface area contributed by atoms with Crippen LogP contribution < -0.4 is 10.1 Å². The van der Waals surface area contributed by atoms with Crippen molar-refractivity contribution in [2.24, 2.45) is 4.99 Å². The fourth-order valence-corrected chi connectivity index (χ4v) is 2.79. The van der Waals surface area contributed by atoms with E-state index in [9.17, 15) is 4.39 Å². The van der Waals surface area contributed by atoms with Crippen LogP contribution >= 0.6 is 24.0 Å². The molecule has 1 aromatic heterocycles. The van der Waals surface area contributed by atoms with Gasteiger partial charge in [0.25, 0.3) is 0 Å². The Labute approximate surface area is 170 Å². The summed E-state index contributed by atoms with van der Waals surface area (Å²) in [7, 11) is 0. The topological polar surface area (TPSA) is 49.8 Å². The number of hydrogen-bond acceptors (Lipinski definition) is 3. The van der Waals surface area contributed by atoms with Crippen molar-refractivity contribution in [1.82, 2.24) is 15.2 Å². The van der Waals surface area contributed by atoms with E-state index in [-0.39, 0.29) is 29.8 Å². The van der Waals surface area contributed by atoms with E-state index in [0.29, 0.717) is 18.2 Å². The summed E-state index contributed by atoms with van der Waals surface area (Å²) in [5.74, 6) is 1.46.